The van der Waals surface area contributed by atoms with Crippen LogP contribution >= 0.6 is 24.8 Å². The number of likely N-dealkylation sites (tertiary alicyclic amines) is 1. The molecule has 4 nitrogen and oxygen atoms in total. The van der Waals surface area contributed by atoms with E-state index in [2.05, 4.69) is 29.0 Å². The Labute approximate surface area is 155 Å². The highest BCUT2D eigenvalue weighted by Gasteiger charge is 2.21. The second-order valence-corrected chi connectivity index (χ2v) is 6.33. The van der Waals surface area contributed by atoms with Gasteiger partial charge in [0, 0.05) is 19.5 Å². The molecule has 1 fully saturated rings. The Morgan fingerprint density at radius 3 is 2.13 bits per heavy atom. The maximum Gasteiger partial charge on any atom is 0.222 e. The summed E-state index contributed by atoms with van der Waals surface area (Å²) in [6.45, 7) is 10.9. The molecule has 1 saturated heterocycles. The fraction of sp³-hybridized carbons (Fsp3) is 0.941. The van der Waals surface area contributed by atoms with Crippen molar-refractivity contribution in [2.24, 2.45) is 5.92 Å². The van der Waals surface area contributed by atoms with Gasteiger partial charge in [-0.25, -0.2) is 0 Å². The van der Waals surface area contributed by atoms with Crippen LogP contribution in [0.1, 0.15) is 52.4 Å². The zero-order valence-corrected chi connectivity index (χ0v) is 16.8. The molecule has 0 unspecified atom stereocenters. The minimum Gasteiger partial charge on any atom is -0.343 e. The van der Waals surface area contributed by atoms with Crippen molar-refractivity contribution in [2.45, 2.75) is 52.4 Å². The van der Waals surface area contributed by atoms with Gasteiger partial charge in [-0.05, 0) is 71.2 Å². The molecule has 1 N–H and O–H groups in total. The average Bonchev–Trinajstić information content (AvgIpc) is 2.48. The van der Waals surface area contributed by atoms with E-state index in [1.54, 1.807) is 0 Å². The zero-order valence-electron chi connectivity index (χ0n) is 15.2. The molecule has 1 aliphatic heterocycles. The predicted molar refractivity (Wildman–Crippen MR) is 104 cm³/mol. The molecule has 0 aromatic rings. The molecule has 1 heterocycles. The normalized spacial score (nSPS) is 15.2. The Morgan fingerprint density at radius 1 is 1.09 bits per heavy atom. The van der Waals surface area contributed by atoms with Gasteiger partial charge < -0.3 is 15.1 Å². The lowest BCUT2D eigenvalue weighted by molar-refractivity contribution is -0.132. The van der Waals surface area contributed by atoms with E-state index >= 15 is 0 Å². The molecule has 0 aromatic carbocycles. The third kappa shape index (κ3) is 10.4. The second kappa shape index (κ2) is 15.5. The van der Waals surface area contributed by atoms with Crippen LogP contribution in [0.25, 0.3) is 0 Å². The van der Waals surface area contributed by atoms with Crippen LogP contribution < -0.4 is 5.32 Å². The lowest BCUT2D eigenvalue weighted by atomic mass is 9.96. The maximum absolute atomic E-state index is 12.3. The molecule has 6 heteroatoms. The van der Waals surface area contributed by atoms with Gasteiger partial charge in [-0.3, -0.25) is 4.79 Å². The van der Waals surface area contributed by atoms with E-state index in [1.807, 2.05) is 7.05 Å². The van der Waals surface area contributed by atoms with Gasteiger partial charge in [0.25, 0.3) is 0 Å². The van der Waals surface area contributed by atoms with Gasteiger partial charge in [0.1, 0.15) is 0 Å². The number of carbonyl (C=O) groups is 1. The van der Waals surface area contributed by atoms with E-state index in [4.69, 9.17) is 0 Å². The first kappa shape index (κ1) is 25.2. The molecular formula is C17H37Cl2N3O. The molecule has 1 amide bonds. The van der Waals surface area contributed by atoms with E-state index in [9.17, 15) is 4.79 Å². The summed E-state index contributed by atoms with van der Waals surface area (Å²) in [6.07, 6.45) is 6.45. The van der Waals surface area contributed by atoms with E-state index in [0.717, 1.165) is 70.9 Å². The van der Waals surface area contributed by atoms with Crippen LogP contribution in [-0.4, -0.2) is 62.0 Å². The number of nitrogens with one attached hydrogen (secondary N) is 1. The summed E-state index contributed by atoms with van der Waals surface area (Å²) in [5.41, 5.74) is 0. The summed E-state index contributed by atoms with van der Waals surface area (Å²) in [5.74, 6) is 1.12. The summed E-state index contributed by atoms with van der Waals surface area (Å²) in [6, 6.07) is 0. The largest absolute Gasteiger partial charge is 0.343 e. The summed E-state index contributed by atoms with van der Waals surface area (Å²) >= 11 is 0. The van der Waals surface area contributed by atoms with Crippen molar-refractivity contribution >= 4 is 30.7 Å². The maximum atomic E-state index is 12.3. The molecule has 0 saturated carbocycles. The van der Waals surface area contributed by atoms with E-state index in [1.165, 1.54) is 12.8 Å². The Balaban J connectivity index is 0. The van der Waals surface area contributed by atoms with Crippen LogP contribution in [0.3, 0.4) is 0 Å². The van der Waals surface area contributed by atoms with Gasteiger partial charge in [-0.1, -0.05) is 13.8 Å². The van der Waals surface area contributed by atoms with Gasteiger partial charge in [0.05, 0.1) is 0 Å². The molecule has 23 heavy (non-hydrogen) atoms. The monoisotopic (exact) mass is 369 g/mol. The Hall–Kier alpha value is -0.0300. The SMILES string of the molecule is CCCN(CCC)CCCC(=O)N1CCC(CNC)CC1.Cl.Cl. The smallest absolute Gasteiger partial charge is 0.222 e. The van der Waals surface area contributed by atoms with Crippen molar-refractivity contribution in [1.82, 2.24) is 15.1 Å². The number of piperidine rings is 1. The lowest BCUT2D eigenvalue weighted by Gasteiger charge is -2.32. The highest BCUT2D eigenvalue weighted by atomic mass is 35.5. The summed E-state index contributed by atoms with van der Waals surface area (Å²) in [5, 5.41) is 3.24. The number of hydrogen-bond donors (Lipinski definition) is 1. The molecule has 0 aromatic heterocycles. The summed E-state index contributed by atoms with van der Waals surface area (Å²) < 4.78 is 0. The minimum atomic E-state index is 0. The topological polar surface area (TPSA) is 35.6 Å². The number of nitrogens with zero attached hydrogens (tertiary/aromatic N) is 2. The van der Waals surface area contributed by atoms with Crippen molar-refractivity contribution in [1.29, 1.82) is 0 Å². The molecule has 1 rings (SSSR count). The van der Waals surface area contributed by atoms with Gasteiger partial charge in [-0.2, -0.15) is 0 Å². The van der Waals surface area contributed by atoms with Crippen molar-refractivity contribution in [3.8, 4) is 0 Å². The van der Waals surface area contributed by atoms with Crippen molar-refractivity contribution in [3.05, 3.63) is 0 Å². The van der Waals surface area contributed by atoms with Crippen molar-refractivity contribution in [3.63, 3.8) is 0 Å². The first-order chi connectivity index (χ1) is 10.2. The molecule has 0 spiro atoms. The third-order valence-corrected chi connectivity index (χ3v) is 4.40. The highest BCUT2D eigenvalue weighted by molar-refractivity contribution is 5.85. The summed E-state index contributed by atoms with van der Waals surface area (Å²) in [4.78, 5) is 16.8. The van der Waals surface area contributed by atoms with E-state index < -0.39 is 0 Å². The van der Waals surface area contributed by atoms with Crippen LogP contribution in [-0.2, 0) is 4.79 Å². The molecular weight excluding hydrogens is 333 g/mol. The molecule has 1 aliphatic rings. The lowest BCUT2D eigenvalue weighted by Crippen LogP contribution is -2.40. The molecule has 0 radical (unpaired) electrons. The molecule has 0 bridgehead atoms. The van der Waals surface area contributed by atoms with Crippen LogP contribution in [0.15, 0.2) is 0 Å². The number of carbonyl (C=O) groups excluding carboxylic acids is 1. The van der Waals surface area contributed by atoms with Gasteiger partial charge >= 0.3 is 0 Å². The van der Waals surface area contributed by atoms with E-state index in [0.29, 0.717) is 5.91 Å². The minimum absolute atomic E-state index is 0. The van der Waals surface area contributed by atoms with Crippen LogP contribution in [0.2, 0.25) is 0 Å². The Kier molecular flexibility index (Phi) is 17.0. The second-order valence-electron chi connectivity index (χ2n) is 6.33. The Bertz CT molecular complexity index is 279. The van der Waals surface area contributed by atoms with Gasteiger partial charge in [0.2, 0.25) is 5.91 Å². The fourth-order valence-electron chi connectivity index (χ4n) is 3.26. The van der Waals surface area contributed by atoms with E-state index in [-0.39, 0.29) is 24.8 Å². The molecule has 0 aliphatic carbocycles. The van der Waals surface area contributed by atoms with Crippen molar-refractivity contribution < 1.29 is 4.79 Å². The first-order valence-electron chi connectivity index (χ1n) is 8.85. The fourth-order valence-corrected chi connectivity index (χ4v) is 3.26. The third-order valence-electron chi connectivity index (χ3n) is 4.40. The van der Waals surface area contributed by atoms with Gasteiger partial charge in [0.15, 0.2) is 0 Å². The first-order valence-corrected chi connectivity index (χ1v) is 8.85. The zero-order chi connectivity index (χ0) is 15.5. The number of rotatable bonds is 10. The van der Waals surface area contributed by atoms with Crippen LogP contribution in [0.4, 0.5) is 0 Å². The molecule has 140 valence electrons. The number of halogens is 2. The van der Waals surface area contributed by atoms with Crippen LogP contribution in [0.5, 0.6) is 0 Å². The standard InChI is InChI=1S/C17H35N3O.2ClH/c1-4-10-19(11-5-2)12-6-7-17(21)20-13-8-16(9-14-20)15-18-3;;/h16,18H,4-15H2,1-3H3;2*1H. The molecule has 0 atom stereocenters. The number of hydrogen-bond acceptors (Lipinski definition) is 3. The quantitative estimate of drug-likeness (QED) is 0.642. The Morgan fingerprint density at radius 2 is 1.65 bits per heavy atom. The van der Waals surface area contributed by atoms with Gasteiger partial charge in [-0.15, -0.1) is 24.8 Å². The van der Waals surface area contributed by atoms with Crippen LogP contribution in [0, 0.1) is 5.92 Å². The predicted octanol–water partition coefficient (Wildman–Crippen LogP) is 3.19. The van der Waals surface area contributed by atoms with Crippen molar-refractivity contribution in [2.75, 3.05) is 46.3 Å². The highest BCUT2D eigenvalue weighted by Crippen LogP contribution is 2.17. The number of amides is 1. The average molecular weight is 370 g/mol. The summed E-state index contributed by atoms with van der Waals surface area (Å²) in [7, 11) is 2.01.